The van der Waals surface area contributed by atoms with E-state index in [-0.39, 0.29) is 5.91 Å². The molecule has 2 N–H and O–H groups in total. The second kappa shape index (κ2) is 6.02. The normalized spacial score (nSPS) is 16.4. The Morgan fingerprint density at radius 2 is 2.25 bits per heavy atom. The Morgan fingerprint density at radius 1 is 1.40 bits per heavy atom. The van der Waals surface area contributed by atoms with Crippen molar-refractivity contribution < 1.29 is 9.53 Å². The third-order valence-corrected chi connectivity index (χ3v) is 3.50. The number of benzene rings is 1. The number of morpholine rings is 1. The molecule has 0 radical (unpaired) electrons. The van der Waals surface area contributed by atoms with Crippen molar-refractivity contribution >= 4 is 16.9 Å². The molecule has 106 valence electrons. The molecule has 0 unspecified atom stereocenters. The monoisotopic (exact) mass is 274 g/mol. The van der Waals surface area contributed by atoms with Gasteiger partial charge in [-0.15, -0.1) is 0 Å². The zero-order valence-corrected chi connectivity index (χ0v) is 11.3. The number of amides is 1. The molecule has 20 heavy (non-hydrogen) atoms. The number of ether oxygens (including phenoxy) is 1. The fourth-order valence-electron chi connectivity index (χ4n) is 2.33. The predicted molar refractivity (Wildman–Crippen MR) is 75.7 cm³/mol. The standard InChI is InChI=1S/C14H18N4O2/c19-14(15-3-4-18-5-7-20-8-6-18)11-1-2-12-13(9-11)17-10-16-12/h1-2,9-10H,3-8H2,(H,15,19)(H,16,17). The Labute approximate surface area is 117 Å². The second-order valence-electron chi connectivity index (χ2n) is 4.84. The topological polar surface area (TPSA) is 70.2 Å². The van der Waals surface area contributed by atoms with Crippen molar-refractivity contribution in [3.8, 4) is 0 Å². The molecule has 6 nitrogen and oxygen atoms in total. The maximum Gasteiger partial charge on any atom is 0.251 e. The highest BCUT2D eigenvalue weighted by molar-refractivity contribution is 5.97. The van der Waals surface area contributed by atoms with E-state index >= 15 is 0 Å². The molecule has 1 amide bonds. The van der Waals surface area contributed by atoms with Gasteiger partial charge in [-0.2, -0.15) is 0 Å². The molecule has 1 aliphatic heterocycles. The summed E-state index contributed by atoms with van der Waals surface area (Å²) in [7, 11) is 0. The van der Waals surface area contributed by atoms with Crippen LogP contribution in [0.1, 0.15) is 10.4 Å². The summed E-state index contributed by atoms with van der Waals surface area (Å²) in [5.74, 6) is -0.0465. The van der Waals surface area contributed by atoms with Gasteiger partial charge in [-0.1, -0.05) is 0 Å². The molecule has 1 fully saturated rings. The molecule has 1 aromatic carbocycles. The van der Waals surface area contributed by atoms with E-state index < -0.39 is 0 Å². The lowest BCUT2D eigenvalue weighted by molar-refractivity contribution is 0.0383. The lowest BCUT2D eigenvalue weighted by Gasteiger charge is -2.26. The second-order valence-corrected chi connectivity index (χ2v) is 4.84. The third-order valence-electron chi connectivity index (χ3n) is 3.50. The van der Waals surface area contributed by atoms with Crippen molar-refractivity contribution in [2.24, 2.45) is 0 Å². The first-order valence-corrected chi connectivity index (χ1v) is 6.84. The van der Waals surface area contributed by atoms with Crippen molar-refractivity contribution in [3.63, 3.8) is 0 Å². The highest BCUT2D eigenvalue weighted by Gasteiger charge is 2.11. The van der Waals surface area contributed by atoms with Gasteiger partial charge in [0, 0.05) is 31.7 Å². The van der Waals surface area contributed by atoms with Crippen molar-refractivity contribution in [3.05, 3.63) is 30.1 Å². The average molecular weight is 274 g/mol. The van der Waals surface area contributed by atoms with E-state index in [1.807, 2.05) is 12.1 Å². The molecule has 0 bridgehead atoms. The maximum atomic E-state index is 12.1. The fourth-order valence-corrected chi connectivity index (χ4v) is 2.33. The lowest BCUT2D eigenvalue weighted by Crippen LogP contribution is -2.41. The Morgan fingerprint density at radius 3 is 3.10 bits per heavy atom. The van der Waals surface area contributed by atoms with E-state index in [0.29, 0.717) is 12.1 Å². The van der Waals surface area contributed by atoms with Crippen LogP contribution in [0.2, 0.25) is 0 Å². The molecule has 1 saturated heterocycles. The first-order valence-electron chi connectivity index (χ1n) is 6.84. The quantitative estimate of drug-likeness (QED) is 0.857. The van der Waals surface area contributed by atoms with Gasteiger partial charge < -0.3 is 15.0 Å². The molecular formula is C14H18N4O2. The number of hydrogen-bond donors (Lipinski definition) is 2. The van der Waals surface area contributed by atoms with E-state index in [0.717, 1.165) is 43.9 Å². The Kier molecular flexibility index (Phi) is 3.94. The largest absolute Gasteiger partial charge is 0.379 e. The predicted octanol–water partition coefficient (Wildman–Crippen LogP) is 0.625. The van der Waals surface area contributed by atoms with Crippen LogP contribution in [0.3, 0.4) is 0 Å². The van der Waals surface area contributed by atoms with E-state index in [9.17, 15) is 4.79 Å². The number of aromatic amines is 1. The van der Waals surface area contributed by atoms with Gasteiger partial charge in [0.05, 0.1) is 30.6 Å². The van der Waals surface area contributed by atoms with Crippen LogP contribution in [-0.4, -0.2) is 60.2 Å². The minimum absolute atomic E-state index is 0.0465. The van der Waals surface area contributed by atoms with Gasteiger partial charge in [-0.3, -0.25) is 9.69 Å². The SMILES string of the molecule is O=C(NCCN1CCOCC1)c1ccc2nc[nH]c2c1. The van der Waals surface area contributed by atoms with Crippen molar-refractivity contribution in [2.75, 3.05) is 39.4 Å². The zero-order valence-electron chi connectivity index (χ0n) is 11.3. The number of nitrogens with one attached hydrogen (secondary N) is 2. The molecule has 2 heterocycles. The third kappa shape index (κ3) is 2.97. The van der Waals surface area contributed by atoms with E-state index in [4.69, 9.17) is 4.74 Å². The highest BCUT2D eigenvalue weighted by Crippen LogP contribution is 2.11. The van der Waals surface area contributed by atoms with E-state index in [2.05, 4.69) is 20.2 Å². The molecular weight excluding hydrogens is 256 g/mol. The summed E-state index contributed by atoms with van der Waals surface area (Å²) >= 11 is 0. The van der Waals surface area contributed by atoms with E-state index in [1.54, 1.807) is 12.4 Å². The number of rotatable bonds is 4. The Hall–Kier alpha value is -1.92. The summed E-state index contributed by atoms with van der Waals surface area (Å²) in [5.41, 5.74) is 2.41. The van der Waals surface area contributed by atoms with E-state index in [1.165, 1.54) is 0 Å². The van der Waals surface area contributed by atoms with Gasteiger partial charge in [0.25, 0.3) is 5.91 Å². The number of hydrogen-bond acceptors (Lipinski definition) is 4. The number of fused-ring (bicyclic) bond motifs is 1. The zero-order chi connectivity index (χ0) is 13.8. The number of carbonyl (C=O) groups is 1. The summed E-state index contributed by atoms with van der Waals surface area (Å²) < 4.78 is 5.29. The smallest absolute Gasteiger partial charge is 0.251 e. The van der Waals surface area contributed by atoms with Gasteiger partial charge in [-0.05, 0) is 18.2 Å². The maximum absolute atomic E-state index is 12.1. The van der Waals surface area contributed by atoms with Crippen LogP contribution in [0.15, 0.2) is 24.5 Å². The number of carbonyl (C=O) groups excluding carboxylic acids is 1. The summed E-state index contributed by atoms with van der Waals surface area (Å²) in [6.07, 6.45) is 1.63. The molecule has 1 aromatic heterocycles. The summed E-state index contributed by atoms with van der Waals surface area (Å²) in [4.78, 5) is 21.5. The van der Waals surface area contributed by atoms with Gasteiger partial charge in [-0.25, -0.2) is 4.98 Å². The van der Waals surface area contributed by atoms with Crippen LogP contribution in [0.25, 0.3) is 11.0 Å². The van der Waals surface area contributed by atoms with Crippen LogP contribution >= 0.6 is 0 Å². The number of aromatic nitrogens is 2. The van der Waals surface area contributed by atoms with Gasteiger partial charge in [0.1, 0.15) is 0 Å². The van der Waals surface area contributed by atoms with Gasteiger partial charge >= 0.3 is 0 Å². The van der Waals surface area contributed by atoms with Crippen molar-refractivity contribution in [1.82, 2.24) is 20.2 Å². The number of imidazole rings is 1. The number of H-pyrrole nitrogens is 1. The lowest BCUT2D eigenvalue weighted by atomic mass is 10.2. The molecule has 0 aliphatic carbocycles. The molecule has 3 rings (SSSR count). The number of nitrogens with zero attached hydrogens (tertiary/aromatic N) is 2. The van der Waals surface area contributed by atoms with Crippen LogP contribution in [0.4, 0.5) is 0 Å². The summed E-state index contributed by atoms with van der Waals surface area (Å²) in [6, 6.07) is 5.47. The highest BCUT2D eigenvalue weighted by atomic mass is 16.5. The molecule has 2 aromatic rings. The van der Waals surface area contributed by atoms with Gasteiger partial charge in [0.15, 0.2) is 0 Å². The van der Waals surface area contributed by atoms with Crippen molar-refractivity contribution in [2.45, 2.75) is 0 Å². The first-order chi connectivity index (χ1) is 9.83. The summed E-state index contributed by atoms with van der Waals surface area (Å²) in [6.45, 7) is 4.96. The van der Waals surface area contributed by atoms with Crippen molar-refractivity contribution in [1.29, 1.82) is 0 Å². The first kappa shape index (κ1) is 13.1. The van der Waals surface area contributed by atoms with Crippen LogP contribution < -0.4 is 5.32 Å². The van der Waals surface area contributed by atoms with Crippen LogP contribution in [0.5, 0.6) is 0 Å². The van der Waals surface area contributed by atoms with Crippen LogP contribution in [0, 0.1) is 0 Å². The molecule has 6 heteroatoms. The minimum Gasteiger partial charge on any atom is -0.379 e. The Balaban J connectivity index is 1.53. The molecule has 0 spiro atoms. The molecule has 0 saturated carbocycles. The van der Waals surface area contributed by atoms with Crippen LogP contribution in [-0.2, 0) is 4.74 Å². The summed E-state index contributed by atoms with van der Waals surface area (Å²) in [5, 5.41) is 2.95. The molecule has 0 atom stereocenters. The van der Waals surface area contributed by atoms with Gasteiger partial charge in [0.2, 0.25) is 0 Å². The fraction of sp³-hybridized carbons (Fsp3) is 0.429. The average Bonchev–Trinajstić information content (AvgIpc) is 2.95. The minimum atomic E-state index is -0.0465. The Bertz CT molecular complexity index is 590. The molecule has 1 aliphatic rings.